The van der Waals surface area contributed by atoms with Gasteiger partial charge in [0.25, 0.3) is 5.91 Å². The lowest BCUT2D eigenvalue weighted by atomic mass is 10.2. The highest BCUT2D eigenvalue weighted by Gasteiger charge is 2.20. The number of piperazine rings is 1. The third-order valence-corrected chi connectivity index (χ3v) is 6.50. The minimum Gasteiger partial charge on any atom is -0.444 e. The van der Waals surface area contributed by atoms with Crippen LogP contribution in [0.2, 0.25) is 0 Å². The van der Waals surface area contributed by atoms with E-state index in [1.54, 1.807) is 6.20 Å². The summed E-state index contributed by atoms with van der Waals surface area (Å²) in [4.78, 5) is 38.5. The number of nitrogens with one attached hydrogen (secondary N) is 2. The summed E-state index contributed by atoms with van der Waals surface area (Å²) >= 11 is 0. The zero-order valence-corrected chi connectivity index (χ0v) is 26.3. The van der Waals surface area contributed by atoms with Gasteiger partial charge < -0.3 is 43.8 Å². The van der Waals surface area contributed by atoms with Crippen molar-refractivity contribution in [3.8, 4) is 12.3 Å². The fourth-order valence-electron chi connectivity index (χ4n) is 4.33. The highest BCUT2D eigenvalue weighted by atomic mass is 16.6. The molecule has 0 spiro atoms. The van der Waals surface area contributed by atoms with Gasteiger partial charge in [-0.05, 0) is 40.2 Å². The van der Waals surface area contributed by atoms with Crippen LogP contribution in [0.15, 0.2) is 12.5 Å². The molecule has 1 aliphatic rings. The van der Waals surface area contributed by atoms with E-state index in [4.69, 9.17) is 30.1 Å². The quantitative estimate of drug-likeness (QED) is 0.147. The number of amides is 2. The zero-order chi connectivity index (χ0) is 31.2. The summed E-state index contributed by atoms with van der Waals surface area (Å²) in [6, 6.07) is 0. The SMILES string of the molecule is C#CCOCCOCCOCCOCCN1CCN(CCCN(CCCNC(=O)OC(C)(C)C)C(=O)c2c[nH]cn2)CC1. The van der Waals surface area contributed by atoms with Crippen LogP contribution in [0.1, 0.15) is 44.1 Å². The first-order valence-electron chi connectivity index (χ1n) is 15.2. The Bertz CT molecular complexity index is 911. The number of alkyl carbamates (subject to hydrolysis) is 1. The van der Waals surface area contributed by atoms with E-state index in [9.17, 15) is 9.59 Å². The molecule has 0 atom stereocenters. The maximum Gasteiger partial charge on any atom is 0.407 e. The molecule has 1 saturated heterocycles. The number of ether oxygens (including phenoxy) is 5. The van der Waals surface area contributed by atoms with E-state index in [0.29, 0.717) is 84.6 Å². The normalized spacial score (nSPS) is 14.4. The molecule has 244 valence electrons. The standard InChI is InChI=1S/C30H52N6O7/c1-5-17-39-19-21-41-23-24-42-22-20-40-18-16-35-14-12-34(13-15-35)9-7-11-36(28(37)27-25-31-26-33-27)10-6-8-32-29(38)43-30(2,3)4/h1,25-26H,6-24H2,2-4H3,(H,31,33)(H,32,38). The van der Waals surface area contributed by atoms with Crippen molar-refractivity contribution in [3.05, 3.63) is 18.2 Å². The third kappa shape index (κ3) is 17.9. The number of imidazole rings is 1. The van der Waals surface area contributed by atoms with Gasteiger partial charge in [-0.2, -0.15) is 0 Å². The second kappa shape index (κ2) is 21.9. The van der Waals surface area contributed by atoms with Crippen LogP contribution >= 0.6 is 0 Å². The lowest BCUT2D eigenvalue weighted by Gasteiger charge is -2.35. The molecule has 13 nitrogen and oxygen atoms in total. The van der Waals surface area contributed by atoms with Crippen LogP contribution in [-0.4, -0.2) is 154 Å². The molecule has 0 unspecified atom stereocenters. The fraction of sp³-hybridized carbons (Fsp3) is 0.767. The van der Waals surface area contributed by atoms with E-state index < -0.39 is 11.7 Å². The number of carbonyl (C=O) groups excluding carboxylic acids is 2. The lowest BCUT2D eigenvalue weighted by molar-refractivity contribution is -0.00260. The van der Waals surface area contributed by atoms with Crippen LogP contribution in [0, 0.1) is 12.3 Å². The van der Waals surface area contributed by atoms with Crippen LogP contribution < -0.4 is 5.32 Å². The number of H-pyrrole nitrogens is 1. The Kier molecular flexibility index (Phi) is 18.6. The van der Waals surface area contributed by atoms with Crippen molar-refractivity contribution in [2.75, 3.05) is 112 Å². The molecule has 2 heterocycles. The Labute approximate surface area is 256 Å². The molecule has 0 aliphatic carbocycles. The summed E-state index contributed by atoms with van der Waals surface area (Å²) < 4.78 is 27.0. The molecule has 1 fully saturated rings. The first-order valence-corrected chi connectivity index (χ1v) is 15.2. The van der Waals surface area contributed by atoms with Crippen molar-refractivity contribution in [2.45, 2.75) is 39.2 Å². The van der Waals surface area contributed by atoms with E-state index in [1.807, 2.05) is 25.7 Å². The number of carbonyl (C=O) groups is 2. The number of rotatable bonds is 22. The largest absolute Gasteiger partial charge is 0.444 e. The second-order valence-electron chi connectivity index (χ2n) is 11.2. The van der Waals surface area contributed by atoms with Crippen LogP contribution in [0.5, 0.6) is 0 Å². The van der Waals surface area contributed by atoms with E-state index >= 15 is 0 Å². The van der Waals surface area contributed by atoms with Gasteiger partial charge in [-0.25, -0.2) is 9.78 Å². The van der Waals surface area contributed by atoms with Crippen LogP contribution in [-0.2, 0) is 23.7 Å². The molecule has 1 aromatic heterocycles. The topological polar surface area (TPSA) is 131 Å². The average molecular weight is 609 g/mol. The monoisotopic (exact) mass is 608 g/mol. The number of hydrogen-bond donors (Lipinski definition) is 2. The van der Waals surface area contributed by atoms with Crippen LogP contribution in [0.3, 0.4) is 0 Å². The van der Waals surface area contributed by atoms with Gasteiger partial charge in [0.2, 0.25) is 0 Å². The number of hydrogen-bond acceptors (Lipinski definition) is 10. The molecule has 43 heavy (non-hydrogen) atoms. The first-order chi connectivity index (χ1) is 20.8. The number of aromatic nitrogens is 2. The van der Waals surface area contributed by atoms with Gasteiger partial charge in [0.15, 0.2) is 0 Å². The molecule has 1 aliphatic heterocycles. The number of nitrogens with zero attached hydrogens (tertiary/aromatic N) is 4. The van der Waals surface area contributed by atoms with Crippen LogP contribution in [0.4, 0.5) is 4.79 Å². The van der Waals surface area contributed by atoms with Gasteiger partial charge in [-0.15, -0.1) is 6.42 Å². The van der Waals surface area contributed by atoms with E-state index in [-0.39, 0.29) is 5.91 Å². The number of aromatic amines is 1. The molecule has 2 amide bonds. The molecule has 2 rings (SSSR count). The zero-order valence-electron chi connectivity index (χ0n) is 26.3. The van der Waals surface area contributed by atoms with Crippen molar-refractivity contribution in [1.29, 1.82) is 0 Å². The van der Waals surface area contributed by atoms with Crippen molar-refractivity contribution < 1.29 is 33.3 Å². The molecular weight excluding hydrogens is 556 g/mol. The van der Waals surface area contributed by atoms with Gasteiger partial charge >= 0.3 is 6.09 Å². The third-order valence-electron chi connectivity index (χ3n) is 6.50. The van der Waals surface area contributed by atoms with E-state index in [1.165, 1.54) is 6.33 Å². The van der Waals surface area contributed by atoms with Crippen molar-refractivity contribution in [1.82, 2.24) is 30.0 Å². The predicted molar refractivity (Wildman–Crippen MR) is 163 cm³/mol. The summed E-state index contributed by atoms with van der Waals surface area (Å²) in [5.74, 6) is 2.30. The molecule has 2 N–H and O–H groups in total. The summed E-state index contributed by atoms with van der Waals surface area (Å²) in [6.07, 6.45) is 9.27. The Morgan fingerprint density at radius 1 is 0.930 bits per heavy atom. The maximum absolute atomic E-state index is 13.0. The number of terminal acetylenes is 1. The van der Waals surface area contributed by atoms with E-state index in [2.05, 4.69) is 31.0 Å². The summed E-state index contributed by atoms with van der Waals surface area (Å²) in [7, 11) is 0. The summed E-state index contributed by atoms with van der Waals surface area (Å²) in [6.45, 7) is 17.0. The second-order valence-corrected chi connectivity index (χ2v) is 11.2. The summed E-state index contributed by atoms with van der Waals surface area (Å²) in [5, 5.41) is 2.76. The minimum absolute atomic E-state index is 0.107. The molecule has 0 saturated carbocycles. The van der Waals surface area contributed by atoms with E-state index in [0.717, 1.165) is 45.7 Å². The molecule has 0 aromatic carbocycles. The van der Waals surface area contributed by atoms with Gasteiger partial charge in [0.1, 0.15) is 17.9 Å². The maximum atomic E-state index is 13.0. The Morgan fingerprint density at radius 2 is 1.51 bits per heavy atom. The Morgan fingerprint density at radius 3 is 2.09 bits per heavy atom. The first kappa shape index (κ1) is 36.5. The van der Waals surface area contributed by atoms with Gasteiger partial charge in [0.05, 0.1) is 52.6 Å². The summed E-state index contributed by atoms with van der Waals surface area (Å²) in [5.41, 5.74) is -0.146. The predicted octanol–water partition coefficient (Wildman–Crippen LogP) is 1.47. The van der Waals surface area contributed by atoms with Gasteiger partial charge in [-0.1, -0.05) is 5.92 Å². The highest BCUT2D eigenvalue weighted by molar-refractivity contribution is 5.92. The van der Waals surface area contributed by atoms with Crippen molar-refractivity contribution in [3.63, 3.8) is 0 Å². The minimum atomic E-state index is -0.544. The van der Waals surface area contributed by atoms with Crippen molar-refractivity contribution in [2.24, 2.45) is 0 Å². The Balaban J connectivity index is 1.53. The molecule has 13 heteroatoms. The fourth-order valence-corrected chi connectivity index (χ4v) is 4.33. The molecule has 0 bridgehead atoms. The molecular formula is C30H52N6O7. The molecule has 1 aromatic rings. The smallest absolute Gasteiger partial charge is 0.407 e. The van der Waals surface area contributed by atoms with Crippen LogP contribution in [0.25, 0.3) is 0 Å². The molecule has 0 radical (unpaired) electrons. The lowest BCUT2D eigenvalue weighted by Crippen LogP contribution is -2.48. The average Bonchev–Trinajstić information content (AvgIpc) is 3.51. The Hall–Kier alpha value is -2.73. The highest BCUT2D eigenvalue weighted by Crippen LogP contribution is 2.08. The van der Waals surface area contributed by atoms with Crippen molar-refractivity contribution >= 4 is 12.0 Å². The van der Waals surface area contributed by atoms with Gasteiger partial charge in [-0.3, -0.25) is 9.69 Å². The van der Waals surface area contributed by atoms with Gasteiger partial charge in [0, 0.05) is 58.6 Å².